The Kier molecular flexibility index (Phi) is 12.3. The zero-order valence-electron chi connectivity index (χ0n) is 18.9. The van der Waals surface area contributed by atoms with Crippen LogP contribution in [0, 0.1) is 10.8 Å². The molecular weight excluding hydrogens is 364 g/mol. The molecular formula is C25H44O4. The van der Waals surface area contributed by atoms with Gasteiger partial charge >= 0.3 is 11.9 Å². The number of hydrogen-bond acceptors (Lipinski definition) is 2. The third kappa shape index (κ3) is 7.79. The minimum absolute atomic E-state index is 0.299. The smallest absolute Gasteiger partial charge is 0.311 e. The summed E-state index contributed by atoms with van der Waals surface area (Å²) in [6.07, 6.45) is 22.3. The van der Waals surface area contributed by atoms with Crippen molar-refractivity contribution in [1.29, 1.82) is 0 Å². The van der Waals surface area contributed by atoms with Gasteiger partial charge in [0.15, 0.2) is 0 Å². The third-order valence-electron chi connectivity index (χ3n) is 7.05. The van der Waals surface area contributed by atoms with Crippen molar-refractivity contribution >= 4 is 11.9 Å². The topological polar surface area (TPSA) is 74.6 Å². The first-order valence-electron chi connectivity index (χ1n) is 12.0. The highest BCUT2D eigenvalue weighted by molar-refractivity contribution is 5.87. The van der Waals surface area contributed by atoms with Crippen LogP contribution < -0.4 is 0 Å². The van der Waals surface area contributed by atoms with E-state index >= 15 is 0 Å². The number of hydrogen-bond donors (Lipinski definition) is 2. The molecule has 0 heterocycles. The number of aliphatic carboxylic acids is 2. The van der Waals surface area contributed by atoms with Crippen molar-refractivity contribution < 1.29 is 19.8 Å². The lowest BCUT2D eigenvalue weighted by molar-refractivity contribution is -0.174. The molecule has 0 spiro atoms. The molecule has 0 aliphatic heterocycles. The fourth-order valence-electron chi connectivity index (χ4n) is 4.75. The van der Waals surface area contributed by atoms with Crippen LogP contribution in [0.2, 0.25) is 0 Å². The van der Waals surface area contributed by atoms with Gasteiger partial charge in [-0.15, -0.1) is 0 Å². The molecule has 1 aliphatic rings. The van der Waals surface area contributed by atoms with Crippen LogP contribution in [0.15, 0.2) is 12.2 Å². The van der Waals surface area contributed by atoms with Crippen molar-refractivity contribution in [2.45, 2.75) is 123 Å². The summed E-state index contributed by atoms with van der Waals surface area (Å²) in [5.41, 5.74) is -2.39. The van der Waals surface area contributed by atoms with Crippen LogP contribution in [-0.4, -0.2) is 22.2 Å². The molecule has 0 aromatic carbocycles. The third-order valence-corrected chi connectivity index (χ3v) is 7.05. The van der Waals surface area contributed by atoms with Crippen molar-refractivity contribution in [3.05, 3.63) is 12.2 Å². The maximum atomic E-state index is 12.1. The van der Waals surface area contributed by atoms with E-state index in [1.54, 1.807) is 6.92 Å². The number of carboxylic acids is 2. The van der Waals surface area contributed by atoms with E-state index in [1.807, 2.05) is 12.2 Å². The van der Waals surface area contributed by atoms with Crippen LogP contribution in [0.4, 0.5) is 0 Å². The van der Waals surface area contributed by atoms with Gasteiger partial charge in [0.1, 0.15) is 0 Å². The second-order valence-electron chi connectivity index (χ2n) is 9.25. The fraction of sp³-hybridized carbons (Fsp3) is 0.840. The number of allylic oxidation sites excluding steroid dienone is 2. The van der Waals surface area contributed by atoms with Gasteiger partial charge in [-0.2, -0.15) is 0 Å². The highest BCUT2D eigenvalue weighted by Crippen LogP contribution is 2.52. The lowest BCUT2D eigenvalue weighted by Gasteiger charge is -2.44. The Balaban J connectivity index is 2.17. The quantitative estimate of drug-likeness (QED) is 0.195. The summed E-state index contributed by atoms with van der Waals surface area (Å²) in [7, 11) is 0. The monoisotopic (exact) mass is 408 g/mol. The molecule has 1 rings (SSSR count). The second-order valence-corrected chi connectivity index (χ2v) is 9.25. The summed E-state index contributed by atoms with van der Waals surface area (Å²) in [5, 5.41) is 19.6. The first-order valence-corrected chi connectivity index (χ1v) is 12.0. The molecule has 0 bridgehead atoms. The van der Waals surface area contributed by atoms with E-state index in [2.05, 4.69) is 6.92 Å². The van der Waals surface area contributed by atoms with E-state index in [0.717, 1.165) is 19.3 Å². The van der Waals surface area contributed by atoms with Crippen molar-refractivity contribution in [2.75, 3.05) is 0 Å². The maximum absolute atomic E-state index is 12.1. The Hall–Kier alpha value is -1.32. The zero-order valence-corrected chi connectivity index (χ0v) is 18.9. The molecule has 0 aromatic heterocycles. The number of unbranched alkanes of at least 4 members (excludes halogenated alkanes) is 13. The highest BCUT2D eigenvalue weighted by Gasteiger charge is 2.57. The van der Waals surface area contributed by atoms with Crippen LogP contribution in [0.3, 0.4) is 0 Å². The van der Waals surface area contributed by atoms with E-state index in [0.29, 0.717) is 19.3 Å². The second kappa shape index (κ2) is 13.8. The molecule has 0 saturated heterocycles. The molecule has 2 N–H and O–H groups in total. The van der Waals surface area contributed by atoms with Crippen molar-refractivity contribution in [3.63, 3.8) is 0 Å². The Morgan fingerprint density at radius 2 is 1.10 bits per heavy atom. The van der Waals surface area contributed by atoms with Crippen molar-refractivity contribution in [3.8, 4) is 0 Å². The Morgan fingerprint density at radius 1 is 0.690 bits per heavy atom. The standard InChI is InChI=1S/C25H44O4/c1-3-4-5-6-7-8-9-10-11-12-13-14-15-16-20-25(23(28)29)21-18-17-19-24(25,2)22(26)27/h17-18H,3-16,19-21H2,1-2H3,(H,26,27)(H,28,29). The summed E-state index contributed by atoms with van der Waals surface area (Å²) < 4.78 is 0. The summed E-state index contributed by atoms with van der Waals surface area (Å²) in [6, 6.07) is 0. The average Bonchev–Trinajstić information content (AvgIpc) is 2.69. The molecule has 29 heavy (non-hydrogen) atoms. The van der Waals surface area contributed by atoms with Gasteiger partial charge in [0.25, 0.3) is 0 Å². The van der Waals surface area contributed by atoms with Gasteiger partial charge in [-0.05, 0) is 26.2 Å². The molecule has 168 valence electrons. The van der Waals surface area contributed by atoms with Crippen LogP contribution in [-0.2, 0) is 9.59 Å². The van der Waals surface area contributed by atoms with Gasteiger partial charge in [0, 0.05) is 0 Å². The molecule has 0 fully saturated rings. The van der Waals surface area contributed by atoms with Gasteiger partial charge in [-0.3, -0.25) is 9.59 Å². The summed E-state index contributed by atoms with van der Waals surface area (Å²) in [4.78, 5) is 23.9. The minimum Gasteiger partial charge on any atom is -0.481 e. The molecule has 0 aromatic rings. The van der Waals surface area contributed by atoms with E-state index in [9.17, 15) is 19.8 Å². The van der Waals surface area contributed by atoms with Crippen LogP contribution in [0.1, 0.15) is 123 Å². The molecule has 0 radical (unpaired) electrons. The normalized spacial score (nSPS) is 23.9. The van der Waals surface area contributed by atoms with Gasteiger partial charge in [0.2, 0.25) is 0 Å². The lowest BCUT2D eigenvalue weighted by Crippen LogP contribution is -2.51. The van der Waals surface area contributed by atoms with E-state index in [4.69, 9.17) is 0 Å². The van der Waals surface area contributed by atoms with Crippen molar-refractivity contribution in [1.82, 2.24) is 0 Å². The lowest BCUT2D eigenvalue weighted by atomic mass is 9.56. The zero-order chi connectivity index (χ0) is 21.6. The SMILES string of the molecule is CCCCCCCCCCCCCCCCC1(C(=O)O)CC=CCC1(C)C(=O)O. The maximum Gasteiger partial charge on any atom is 0.311 e. The predicted molar refractivity (Wildman–Crippen MR) is 119 cm³/mol. The summed E-state index contributed by atoms with van der Waals surface area (Å²) in [5.74, 6) is -1.95. The minimum atomic E-state index is -1.22. The van der Waals surface area contributed by atoms with Crippen molar-refractivity contribution in [2.24, 2.45) is 10.8 Å². The van der Waals surface area contributed by atoms with E-state index in [1.165, 1.54) is 70.6 Å². The Morgan fingerprint density at radius 3 is 1.52 bits per heavy atom. The molecule has 4 heteroatoms. The molecule has 0 amide bonds. The van der Waals surface area contributed by atoms with Gasteiger partial charge in [-0.25, -0.2) is 0 Å². The van der Waals surface area contributed by atoms with Crippen LogP contribution in [0.5, 0.6) is 0 Å². The number of carboxylic acid groups (broad SMARTS) is 2. The van der Waals surface area contributed by atoms with Crippen LogP contribution in [0.25, 0.3) is 0 Å². The highest BCUT2D eigenvalue weighted by atomic mass is 16.4. The fourth-order valence-corrected chi connectivity index (χ4v) is 4.75. The van der Waals surface area contributed by atoms with E-state index in [-0.39, 0.29) is 0 Å². The van der Waals surface area contributed by atoms with Gasteiger partial charge in [-0.1, -0.05) is 109 Å². The molecule has 2 atom stereocenters. The average molecular weight is 409 g/mol. The Bertz CT molecular complexity index is 513. The molecule has 1 aliphatic carbocycles. The Labute approximate surface area is 178 Å². The van der Waals surface area contributed by atoms with Gasteiger partial charge < -0.3 is 10.2 Å². The van der Waals surface area contributed by atoms with Crippen LogP contribution >= 0.6 is 0 Å². The molecule has 2 unspecified atom stereocenters. The molecule has 4 nitrogen and oxygen atoms in total. The van der Waals surface area contributed by atoms with Gasteiger partial charge in [0.05, 0.1) is 10.8 Å². The predicted octanol–water partition coefficient (Wildman–Crippen LogP) is 7.37. The van der Waals surface area contributed by atoms with E-state index < -0.39 is 22.8 Å². The summed E-state index contributed by atoms with van der Waals surface area (Å²) in [6.45, 7) is 3.86. The first-order chi connectivity index (χ1) is 13.9. The molecule has 0 saturated carbocycles. The number of rotatable bonds is 17. The first kappa shape index (κ1) is 25.7. The number of carbonyl (C=O) groups is 2. The summed E-state index contributed by atoms with van der Waals surface area (Å²) >= 11 is 0. The largest absolute Gasteiger partial charge is 0.481 e.